The molecule has 1 aromatic heterocycles. The molecule has 0 radical (unpaired) electrons. The standard InChI is InChI=1S/C17H22N4O2/c1-17(2,3)23-16(22)21-14-6-4-12(8-14)10-19-15-7-5-13(9-18)11-20-15/h4-7,11-12,14H,8,10H2,1-3H3,(H,19,20)(H,21,22)/t12-,14+/m0/s1. The number of pyridine rings is 1. The van der Waals surface area contributed by atoms with Crippen molar-refractivity contribution in [2.24, 2.45) is 5.92 Å². The summed E-state index contributed by atoms with van der Waals surface area (Å²) < 4.78 is 5.25. The van der Waals surface area contributed by atoms with Crippen molar-refractivity contribution in [1.29, 1.82) is 5.26 Å². The zero-order chi connectivity index (χ0) is 16.9. The van der Waals surface area contributed by atoms with E-state index < -0.39 is 11.7 Å². The van der Waals surface area contributed by atoms with Crippen molar-refractivity contribution < 1.29 is 9.53 Å². The molecular weight excluding hydrogens is 292 g/mol. The van der Waals surface area contributed by atoms with Gasteiger partial charge in [-0.2, -0.15) is 5.26 Å². The van der Waals surface area contributed by atoms with Gasteiger partial charge in [0.15, 0.2) is 0 Å². The first-order chi connectivity index (χ1) is 10.9. The lowest BCUT2D eigenvalue weighted by Crippen LogP contribution is -2.38. The van der Waals surface area contributed by atoms with Crippen LogP contribution >= 0.6 is 0 Å². The summed E-state index contributed by atoms with van der Waals surface area (Å²) in [5, 5.41) is 14.8. The van der Waals surface area contributed by atoms with E-state index in [1.165, 1.54) is 0 Å². The molecule has 0 saturated heterocycles. The molecule has 0 saturated carbocycles. The van der Waals surface area contributed by atoms with E-state index in [1.54, 1.807) is 18.3 Å². The number of anilines is 1. The quantitative estimate of drug-likeness (QED) is 0.834. The van der Waals surface area contributed by atoms with Gasteiger partial charge in [0.05, 0.1) is 11.6 Å². The Hall–Kier alpha value is -2.55. The van der Waals surface area contributed by atoms with Crippen LogP contribution in [0.3, 0.4) is 0 Å². The number of rotatable bonds is 4. The van der Waals surface area contributed by atoms with Crippen molar-refractivity contribution in [3.63, 3.8) is 0 Å². The van der Waals surface area contributed by atoms with Gasteiger partial charge in [0, 0.05) is 12.7 Å². The van der Waals surface area contributed by atoms with Crippen molar-refractivity contribution >= 4 is 11.9 Å². The Bertz CT molecular complexity index is 611. The lowest BCUT2D eigenvalue weighted by atomic mass is 10.1. The number of nitriles is 1. The number of carbonyl (C=O) groups is 1. The van der Waals surface area contributed by atoms with Crippen molar-refractivity contribution in [2.75, 3.05) is 11.9 Å². The van der Waals surface area contributed by atoms with Gasteiger partial charge in [0.1, 0.15) is 17.5 Å². The van der Waals surface area contributed by atoms with E-state index in [0.717, 1.165) is 18.8 Å². The number of amides is 1. The average Bonchev–Trinajstić information content (AvgIpc) is 2.91. The molecule has 1 aromatic rings. The zero-order valence-corrected chi connectivity index (χ0v) is 13.7. The highest BCUT2D eigenvalue weighted by atomic mass is 16.6. The van der Waals surface area contributed by atoms with Gasteiger partial charge >= 0.3 is 6.09 Å². The van der Waals surface area contributed by atoms with Crippen molar-refractivity contribution in [3.05, 3.63) is 36.0 Å². The van der Waals surface area contributed by atoms with E-state index in [-0.39, 0.29) is 6.04 Å². The first-order valence-electron chi connectivity index (χ1n) is 7.63. The maximum atomic E-state index is 11.7. The molecule has 1 aliphatic rings. The van der Waals surface area contributed by atoms with Crippen molar-refractivity contribution in [1.82, 2.24) is 10.3 Å². The Labute approximate surface area is 136 Å². The summed E-state index contributed by atoms with van der Waals surface area (Å²) >= 11 is 0. The molecule has 0 bridgehead atoms. The molecule has 6 heteroatoms. The molecule has 1 amide bonds. The molecule has 0 aliphatic heterocycles. The normalized spacial score (nSPS) is 19.9. The van der Waals surface area contributed by atoms with Gasteiger partial charge in [-0.1, -0.05) is 12.2 Å². The summed E-state index contributed by atoms with van der Waals surface area (Å²) in [6.45, 7) is 6.25. The lowest BCUT2D eigenvalue weighted by Gasteiger charge is -2.21. The smallest absolute Gasteiger partial charge is 0.408 e. The number of alkyl carbamates (subject to hydrolysis) is 1. The van der Waals surface area contributed by atoms with E-state index in [1.807, 2.05) is 32.9 Å². The maximum absolute atomic E-state index is 11.7. The van der Waals surface area contributed by atoms with Crippen LogP contribution in [0.25, 0.3) is 0 Å². The van der Waals surface area contributed by atoms with E-state index in [4.69, 9.17) is 10.00 Å². The predicted molar refractivity (Wildman–Crippen MR) is 87.8 cm³/mol. The van der Waals surface area contributed by atoms with E-state index in [2.05, 4.69) is 21.7 Å². The number of nitrogens with one attached hydrogen (secondary N) is 2. The largest absolute Gasteiger partial charge is 0.444 e. The molecule has 1 aliphatic carbocycles. The van der Waals surface area contributed by atoms with Crippen LogP contribution in [-0.4, -0.2) is 29.3 Å². The molecule has 122 valence electrons. The minimum absolute atomic E-state index is 0.00873. The maximum Gasteiger partial charge on any atom is 0.408 e. The van der Waals surface area contributed by atoms with E-state index in [9.17, 15) is 4.79 Å². The second kappa shape index (κ2) is 7.14. The molecule has 2 atom stereocenters. The number of hydrogen-bond acceptors (Lipinski definition) is 5. The summed E-state index contributed by atoms with van der Waals surface area (Å²) in [7, 11) is 0. The monoisotopic (exact) mass is 314 g/mol. The van der Waals surface area contributed by atoms with Gasteiger partial charge in [0.2, 0.25) is 0 Å². The molecule has 2 N–H and O–H groups in total. The number of ether oxygens (including phenoxy) is 1. The third-order valence-corrected chi connectivity index (χ3v) is 3.31. The minimum Gasteiger partial charge on any atom is -0.444 e. The second-order valence-corrected chi connectivity index (χ2v) is 6.56. The molecule has 0 spiro atoms. The van der Waals surface area contributed by atoms with Crippen LogP contribution in [0.4, 0.5) is 10.6 Å². The average molecular weight is 314 g/mol. The Kier molecular flexibility index (Phi) is 5.22. The van der Waals surface area contributed by atoms with Crippen LogP contribution in [0.1, 0.15) is 32.8 Å². The molecule has 1 heterocycles. The first-order valence-corrected chi connectivity index (χ1v) is 7.63. The van der Waals surface area contributed by atoms with Gasteiger partial charge in [-0.25, -0.2) is 9.78 Å². The topological polar surface area (TPSA) is 87.0 Å². The number of hydrogen-bond donors (Lipinski definition) is 2. The summed E-state index contributed by atoms with van der Waals surface area (Å²) in [5.74, 6) is 1.05. The van der Waals surface area contributed by atoms with Crippen molar-refractivity contribution in [2.45, 2.75) is 38.8 Å². The van der Waals surface area contributed by atoms with Crippen LogP contribution < -0.4 is 10.6 Å². The number of carbonyl (C=O) groups excluding carboxylic acids is 1. The molecule has 0 fully saturated rings. The molecule has 0 aromatic carbocycles. The molecule has 0 unspecified atom stereocenters. The van der Waals surface area contributed by atoms with Crippen LogP contribution in [0.15, 0.2) is 30.5 Å². The van der Waals surface area contributed by atoms with Crippen LogP contribution in [0.5, 0.6) is 0 Å². The highest BCUT2D eigenvalue weighted by molar-refractivity contribution is 5.68. The predicted octanol–water partition coefficient (Wildman–Crippen LogP) is 2.83. The zero-order valence-electron chi connectivity index (χ0n) is 13.7. The van der Waals surface area contributed by atoms with Crippen LogP contribution in [0, 0.1) is 17.2 Å². The van der Waals surface area contributed by atoms with E-state index >= 15 is 0 Å². The second-order valence-electron chi connectivity index (χ2n) is 6.56. The van der Waals surface area contributed by atoms with Gasteiger partial charge in [0.25, 0.3) is 0 Å². The van der Waals surface area contributed by atoms with Gasteiger partial charge in [-0.3, -0.25) is 0 Å². The SMILES string of the molecule is CC(C)(C)OC(=O)N[C@@H]1C=C[C@H](CNc2ccc(C#N)cn2)C1. The third kappa shape index (κ3) is 5.62. The van der Waals surface area contributed by atoms with Gasteiger partial charge in [-0.15, -0.1) is 0 Å². The highest BCUT2D eigenvalue weighted by Gasteiger charge is 2.23. The van der Waals surface area contributed by atoms with Crippen LogP contribution in [-0.2, 0) is 4.74 Å². The Balaban J connectivity index is 1.74. The molecule has 2 rings (SSSR count). The Morgan fingerprint density at radius 1 is 1.43 bits per heavy atom. The third-order valence-electron chi connectivity index (χ3n) is 3.31. The highest BCUT2D eigenvalue weighted by Crippen LogP contribution is 2.19. The van der Waals surface area contributed by atoms with Crippen molar-refractivity contribution in [3.8, 4) is 6.07 Å². The minimum atomic E-state index is -0.491. The van der Waals surface area contributed by atoms with Gasteiger partial charge < -0.3 is 15.4 Å². The lowest BCUT2D eigenvalue weighted by molar-refractivity contribution is 0.0513. The van der Waals surface area contributed by atoms with Crippen LogP contribution in [0.2, 0.25) is 0 Å². The molecule has 23 heavy (non-hydrogen) atoms. The Morgan fingerprint density at radius 3 is 2.83 bits per heavy atom. The summed E-state index contributed by atoms with van der Waals surface area (Å²) in [4.78, 5) is 15.9. The fourth-order valence-corrected chi connectivity index (χ4v) is 2.29. The van der Waals surface area contributed by atoms with E-state index in [0.29, 0.717) is 11.5 Å². The first kappa shape index (κ1) is 16.8. The fourth-order valence-electron chi connectivity index (χ4n) is 2.29. The molecular formula is C17H22N4O2. The van der Waals surface area contributed by atoms with Gasteiger partial charge in [-0.05, 0) is 45.2 Å². The fraction of sp³-hybridized carbons (Fsp3) is 0.471. The molecule has 6 nitrogen and oxygen atoms in total. The Morgan fingerprint density at radius 2 is 2.22 bits per heavy atom. The summed E-state index contributed by atoms with van der Waals surface area (Å²) in [6.07, 6.45) is 6.04. The number of nitrogens with zero attached hydrogens (tertiary/aromatic N) is 2. The summed E-state index contributed by atoms with van der Waals surface area (Å²) in [6, 6.07) is 5.54. The summed E-state index contributed by atoms with van der Waals surface area (Å²) in [5.41, 5.74) is 0.0483. The number of aromatic nitrogens is 1.